The first kappa shape index (κ1) is 12.9. The molecule has 2 heterocycles. The Morgan fingerprint density at radius 1 is 1.32 bits per heavy atom. The van der Waals surface area contributed by atoms with Crippen molar-refractivity contribution in [2.24, 2.45) is 0 Å². The topological polar surface area (TPSA) is 77.0 Å². The number of carbonyl (C=O) groups is 1. The first-order valence-electron chi connectivity index (χ1n) is 5.42. The van der Waals surface area contributed by atoms with Crippen LogP contribution in [0.5, 0.6) is 5.88 Å². The van der Waals surface area contributed by atoms with Gasteiger partial charge in [-0.15, -0.1) is 0 Å². The third-order valence-corrected chi connectivity index (χ3v) is 2.33. The number of pyridine rings is 1. The summed E-state index contributed by atoms with van der Waals surface area (Å²) in [6.07, 6.45) is 4.52. The fourth-order valence-corrected chi connectivity index (χ4v) is 1.44. The Morgan fingerprint density at radius 3 is 2.68 bits per heavy atom. The van der Waals surface area contributed by atoms with Crippen LogP contribution in [0.1, 0.15) is 15.9 Å². The lowest BCUT2D eigenvalue weighted by Gasteiger charge is -2.08. The van der Waals surface area contributed by atoms with Gasteiger partial charge in [-0.25, -0.2) is 19.3 Å². The maximum Gasteiger partial charge on any atom is 0.222 e. The summed E-state index contributed by atoms with van der Waals surface area (Å²) in [5, 5.41) is 2.89. The molecule has 0 spiro atoms. The second-order valence-electron chi connectivity index (χ2n) is 3.63. The van der Waals surface area contributed by atoms with Crippen LogP contribution in [0.2, 0.25) is 0 Å². The first-order chi connectivity index (χ1) is 9.22. The number of hydrogen-bond acceptors (Lipinski definition) is 6. The van der Waals surface area contributed by atoms with Crippen molar-refractivity contribution in [3.8, 4) is 5.88 Å². The maximum atomic E-state index is 13.1. The predicted octanol–water partition coefficient (Wildman–Crippen LogP) is 1.44. The van der Waals surface area contributed by atoms with Gasteiger partial charge in [-0.05, 0) is 6.07 Å². The molecular weight excluding hydrogens is 251 g/mol. The van der Waals surface area contributed by atoms with Crippen LogP contribution < -0.4 is 10.1 Å². The van der Waals surface area contributed by atoms with Gasteiger partial charge in [0.05, 0.1) is 18.9 Å². The number of carbonyl (C=O) groups excluding carboxylic acids is 1. The number of nitrogens with zero attached hydrogens (tertiary/aromatic N) is 3. The van der Waals surface area contributed by atoms with E-state index in [0.29, 0.717) is 29.2 Å². The molecule has 0 unspecified atom stereocenters. The van der Waals surface area contributed by atoms with E-state index in [1.54, 1.807) is 0 Å². The molecule has 0 saturated heterocycles. The molecule has 0 amide bonds. The average molecular weight is 262 g/mol. The van der Waals surface area contributed by atoms with E-state index in [4.69, 9.17) is 4.74 Å². The quantitative estimate of drug-likeness (QED) is 0.822. The van der Waals surface area contributed by atoms with Crippen molar-refractivity contribution in [3.63, 3.8) is 0 Å². The predicted molar refractivity (Wildman–Crippen MR) is 65.5 cm³/mol. The first-order valence-corrected chi connectivity index (χ1v) is 5.42. The third-order valence-electron chi connectivity index (χ3n) is 2.33. The number of aromatic nitrogens is 3. The average Bonchev–Trinajstić information content (AvgIpc) is 2.46. The molecule has 2 rings (SSSR count). The van der Waals surface area contributed by atoms with Gasteiger partial charge in [0.25, 0.3) is 0 Å². The van der Waals surface area contributed by atoms with Crippen molar-refractivity contribution in [2.75, 3.05) is 12.4 Å². The van der Waals surface area contributed by atoms with Crippen LogP contribution in [0.4, 0.5) is 10.3 Å². The molecule has 0 bridgehead atoms. The van der Waals surface area contributed by atoms with Gasteiger partial charge in [0.15, 0.2) is 6.29 Å². The lowest BCUT2D eigenvalue weighted by Crippen LogP contribution is -2.06. The Hall–Kier alpha value is -2.57. The Morgan fingerprint density at radius 2 is 2.05 bits per heavy atom. The molecule has 2 aromatic rings. The third kappa shape index (κ3) is 3.21. The van der Waals surface area contributed by atoms with Crippen molar-refractivity contribution in [2.45, 2.75) is 6.54 Å². The minimum Gasteiger partial charge on any atom is -0.481 e. The molecular formula is C12H11FN4O2. The van der Waals surface area contributed by atoms with Gasteiger partial charge in [-0.3, -0.25) is 4.79 Å². The number of methoxy groups -OCH3 is 1. The van der Waals surface area contributed by atoms with E-state index in [-0.39, 0.29) is 6.54 Å². The van der Waals surface area contributed by atoms with Crippen LogP contribution in [0.3, 0.4) is 0 Å². The fourth-order valence-electron chi connectivity index (χ4n) is 1.44. The van der Waals surface area contributed by atoms with Crippen LogP contribution in [0.25, 0.3) is 0 Å². The van der Waals surface area contributed by atoms with E-state index in [1.807, 2.05) is 0 Å². The number of aldehydes is 1. The fraction of sp³-hybridized carbons (Fsp3) is 0.167. The second-order valence-corrected chi connectivity index (χ2v) is 3.63. The standard InChI is InChI=1S/C12H11FN4O2/c1-19-11-9(2-10(13)6-14-11)5-17-12-15-3-8(7-18)4-16-12/h2-4,6-7H,5H2,1H3,(H,15,16,17). The highest BCUT2D eigenvalue weighted by molar-refractivity contribution is 5.73. The Kier molecular flexibility index (Phi) is 3.97. The Balaban J connectivity index is 2.09. The highest BCUT2D eigenvalue weighted by Gasteiger charge is 2.06. The normalized spacial score (nSPS) is 10.0. The Labute approximate surface area is 108 Å². The molecule has 0 atom stereocenters. The van der Waals surface area contributed by atoms with Gasteiger partial charge in [-0.2, -0.15) is 0 Å². The summed E-state index contributed by atoms with van der Waals surface area (Å²) in [5.74, 6) is 0.213. The summed E-state index contributed by atoms with van der Waals surface area (Å²) >= 11 is 0. The molecule has 0 aliphatic rings. The number of rotatable bonds is 5. The van der Waals surface area contributed by atoms with Crippen LogP contribution in [0.15, 0.2) is 24.7 Å². The van der Waals surface area contributed by atoms with Crippen molar-refractivity contribution >= 4 is 12.2 Å². The summed E-state index contributed by atoms with van der Waals surface area (Å²) in [4.78, 5) is 22.1. The lowest BCUT2D eigenvalue weighted by molar-refractivity contribution is 0.112. The van der Waals surface area contributed by atoms with Crippen molar-refractivity contribution in [1.82, 2.24) is 15.0 Å². The van der Waals surface area contributed by atoms with Crippen molar-refractivity contribution in [3.05, 3.63) is 41.6 Å². The molecule has 0 aromatic carbocycles. The Bertz CT molecular complexity index is 574. The highest BCUT2D eigenvalue weighted by Crippen LogP contribution is 2.16. The summed E-state index contributed by atoms with van der Waals surface area (Å²) in [7, 11) is 1.46. The lowest BCUT2D eigenvalue weighted by atomic mass is 10.2. The monoisotopic (exact) mass is 262 g/mol. The molecule has 19 heavy (non-hydrogen) atoms. The zero-order valence-electron chi connectivity index (χ0n) is 10.1. The van der Waals surface area contributed by atoms with E-state index in [9.17, 15) is 9.18 Å². The largest absolute Gasteiger partial charge is 0.481 e. The van der Waals surface area contributed by atoms with Gasteiger partial charge < -0.3 is 10.1 Å². The number of ether oxygens (including phenoxy) is 1. The molecule has 0 aliphatic heterocycles. The smallest absolute Gasteiger partial charge is 0.222 e. The molecule has 0 saturated carbocycles. The van der Waals surface area contributed by atoms with Gasteiger partial charge in [0.2, 0.25) is 11.8 Å². The number of nitrogens with one attached hydrogen (secondary N) is 1. The van der Waals surface area contributed by atoms with Gasteiger partial charge >= 0.3 is 0 Å². The van der Waals surface area contributed by atoms with E-state index in [2.05, 4.69) is 20.3 Å². The van der Waals surface area contributed by atoms with Crippen LogP contribution in [-0.2, 0) is 6.54 Å². The molecule has 2 aromatic heterocycles. The molecule has 0 aliphatic carbocycles. The second kappa shape index (κ2) is 5.85. The summed E-state index contributed by atoms with van der Waals surface area (Å²) in [5.41, 5.74) is 0.932. The van der Waals surface area contributed by atoms with E-state index in [1.165, 1.54) is 25.6 Å². The summed E-state index contributed by atoms with van der Waals surface area (Å²) in [6, 6.07) is 1.32. The van der Waals surface area contributed by atoms with Crippen LogP contribution >= 0.6 is 0 Å². The number of anilines is 1. The SMILES string of the molecule is COc1ncc(F)cc1CNc1ncc(C=O)cn1. The summed E-state index contributed by atoms with van der Waals surface area (Å²) < 4.78 is 18.1. The van der Waals surface area contributed by atoms with E-state index in [0.717, 1.165) is 6.20 Å². The summed E-state index contributed by atoms with van der Waals surface area (Å²) in [6.45, 7) is 0.258. The molecule has 0 radical (unpaired) electrons. The van der Waals surface area contributed by atoms with Crippen molar-refractivity contribution < 1.29 is 13.9 Å². The molecule has 7 heteroatoms. The minimum absolute atomic E-state index is 0.258. The maximum absolute atomic E-state index is 13.1. The molecule has 1 N–H and O–H groups in total. The molecule has 6 nitrogen and oxygen atoms in total. The number of hydrogen-bond donors (Lipinski definition) is 1. The molecule has 98 valence electrons. The van der Waals surface area contributed by atoms with Gasteiger partial charge in [0.1, 0.15) is 5.82 Å². The molecule has 0 fully saturated rings. The van der Waals surface area contributed by atoms with E-state index < -0.39 is 5.82 Å². The van der Waals surface area contributed by atoms with Gasteiger partial charge in [-0.1, -0.05) is 0 Å². The zero-order valence-corrected chi connectivity index (χ0v) is 10.1. The zero-order chi connectivity index (χ0) is 13.7. The van der Waals surface area contributed by atoms with Crippen molar-refractivity contribution in [1.29, 1.82) is 0 Å². The van der Waals surface area contributed by atoms with Gasteiger partial charge in [0, 0.05) is 24.5 Å². The highest BCUT2D eigenvalue weighted by atomic mass is 19.1. The van der Waals surface area contributed by atoms with Crippen LogP contribution in [0, 0.1) is 5.82 Å². The van der Waals surface area contributed by atoms with Crippen LogP contribution in [-0.4, -0.2) is 28.3 Å². The number of halogens is 1. The van der Waals surface area contributed by atoms with E-state index >= 15 is 0 Å². The minimum atomic E-state index is -0.449.